The standard InChI is InChI=1S/C41H27N2PS/c45-44(32-11-3-1-4-12-32,33-13-5-2-6-14-33)34-23-21-29-25-28(19-20-30(29)26-34)31-22-24-35-36-15-7-9-17-39(36)43-40-18-10-8-16-38(40)42-41(43)37(35)27-31/h1-27H. The predicted octanol–water partition coefficient (Wildman–Crippen LogP) is 9.37. The van der Waals surface area contributed by atoms with Gasteiger partial charge >= 0.3 is 0 Å². The Morgan fingerprint density at radius 2 is 1.04 bits per heavy atom. The van der Waals surface area contributed by atoms with Crippen LogP contribution < -0.4 is 15.9 Å². The van der Waals surface area contributed by atoms with E-state index in [-0.39, 0.29) is 0 Å². The molecule has 7 aromatic carbocycles. The number of imidazole rings is 1. The summed E-state index contributed by atoms with van der Waals surface area (Å²) in [5, 5.41) is 9.64. The average Bonchev–Trinajstić information content (AvgIpc) is 3.52. The Bertz CT molecular complexity index is 2580. The first kappa shape index (κ1) is 26.3. The molecule has 2 nitrogen and oxygen atoms in total. The van der Waals surface area contributed by atoms with Crippen molar-refractivity contribution in [1.82, 2.24) is 9.38 Å². The third kappa shape index (κ3) is 4.09. The van der Waals surface area contributed by atoms with E-state index in [1.807, 2.05) is 0 Å². The number of benzene rings is 7. The molecule has 0 aliphatic carbocycles. The molecule has 0 saturated heterocycles. The maximum Gasteiger partial charge on any atom is 0.146 e. The molecular weight excluding hydrogens is 584 g/mol. The van der Waals surface area contributed by atoms with E-state index in [2.05, 4.69) is 168 Å². The summed E-state index contributed by atoms with van der Waals surface area (Å²) in [6, 6.07) is 56.5. The normalized spacial score (nSPS) is 12.1. The topological polar surface area (TPSA) is 17.3 Å². The van der Waals surface area contributed by atoms with Crippen LogP contribution in [0.1, 0.15) is 0 Å². The van der Waals surface area contributed by atoms with Gasteiger partial charge in [0, 0.05) is 16.8 Å². The van der Waals surface area contributed by atoms with Gasteiger partial charge in [-0.25, -0.2) is 4.98 Å². The van der Waals surface area contributed by atoms with Gasteiger partial charge in [-0.3, -0.25) is 4.40 Å². The van der Waals surface area contributed by atoms with Crippen LogP contribution in [0.4, 0.5) is 0 Å². The predicted molar refractivity (Wildman–Crippen MR) is 197 cm³/mol. The molecule has 0 fully saturated rings. The molecule has 0 spiro atoms. The van der Waals surface area contributed by atoms with Gasteiger partial charge < -0.3 is 0 Å². The zero-order valence-corrected chi connectivity index (χ0v) is 26.0. The minimum atomic E-state index is -2.21. The summed E-state index contributed by atoms with van der Waals surface area (Å²) in [6.45, 7) is 0. The lowest BCUT2D eigenvalue weighted by Crippen LogP contribution is -2.24. The molecule has 0 atom stereocenters. The average molecular weight is 611 g/mol. The van der Waals surface area contributed by atoms with Crippen molar-refractivity contribution >= 4 is 82.9 Å². The zero-order valence-electron chi connectivity index (χ0n) is 24.3. The summed E-state index contributed by atoms with van der Waals surface area (Å²) in [6.07, 6.45) is 0. The van der Waals surface area contributed by atoms with Gasteiger partial charge in [0.1, 0.15) is 5.65 Å². The van der Waals surface area contributed by atoms with Crippen LogP contribution in [0.3, 0.4) is 0 Å². The Morgan fingerprint density at radius 3 is 1.82 bits per heavy atom. The molecular formula is C41H27N2PS. The molecule has 9 rings (SSSR count). The Hall–Kier alpha value is -5.08. The first-order valence-electron chi connectivity index (χ1n) is 15.2. The van der Waals surface area contributed by atoms with E-state index >= 15 is 0 Å². The van der Waals surface area contributed by atoms with Crippen molar-refractivity contribution in [3.8, 4) is 11.1 Å². The lowest BCUT2D eigenvalue weighted by atomic mass is 9.97. The van der Waals surface area contributed by atoms with Crippen LogP contribution in [0.15, 0.2) is 164 Å². The largest absolute Gasteiger partial charge is 0.292 e. The van der Waals surface area contributed by atoms with E-state index in [9.17, 15) is 0 Å². The second kappa shape index (κ2) is 10.2. The van der Waals surface area contributed by atoms with Crippen molar-refractivity contribution in [3.05, 3.63) is 164 Å². The van der Waals surface area contributed by atoms with Crippen LogP contribution in [0, 0.1) is 0 Å². The summed E-state index contributed by atoms with van der Waals surface area (Å²) < 4.78 is 2.31. The molecule has 0 aliphatic rings. The highest BCUT2D eigenvalue weighted by atomic mass is 32.4. The first-order chi connectivity index (χ1) is 22.2. The van der Waals surface area contributed by atoms with Gasteiger partial charge in [0.05, 0.1) is 16.6 Å². The Morgan fingerprint density at radius 1 is 0.444 bits per heavy atom. The number of para-hydroxylation sites is 3. The summed E-state index contributed by atoms with van der Waals surface area (Å²) in [7, 11) is 0. The van der Waals surface area contributed by atoms with Crippen molar-refractivity contribution in [2.75, 3.05) is 0 Å². The van der Waals surface area contributed by atoms with Crippen LogP contribution in [-0.4, -0.2) is 9.38 Å². The van der Waals surface area contributed by atoms with Crippen molar-refractivity contribution in [2.24, 2.45) is 0 Å². The Labute approximate surface area is 266 Å². The number of aromatic nitrogens is 2. The smallest absolute Gasteiger partial charge is 0.146 e. The minimum absolute atomic E-state index is 0.991. The maximum absolute atomic E-state index is 6.61. The van der Waals surface area contributed by atoms with E-state index in [1.54, 1.807) is 0 Å². The second-order valence-electron chi connectivity index (χ2n) is 11.6. The number of hydrogen-bond donors (Lipinski definition) is 0. The van der Waals surface area contributed by atoms with Crippen molar-refractivity contribution < 1.29 is 0 Å². The number of pyridine rings is 1. The quantitative estimate of drug-likeness (QED) is 0.146. The fourth-order valence-electron chi connectivity index (χ4n) is 6.82. The zero-order chi connectivity index (χ0) is 30.0. The first-order valence-corrected chi connectivity index (χ1v) is 18.0. The molecule has 2 aromatic heterocycles. The number of hydrogen-bond acceptors (Lipinski definition) is 2. The monoisotopic (exact) mass is 610 g/mol. The molecule has 0 aliphatic heterocycles. The summed E-state index contributed by atoms with van der Waals surface area (Å²) in [5.41, 5.74) is 6.67. The van der Waals surface area contributed by atoms with Gasteiger partial charge in [-0.15, -0.1) is 0 Å². The van der Waals surface area contributed by atoms with E-state index in [4.69, 9.17) is 16.8 Å². The van der Waals surface area contributed by atoms with Gasteiger partial charge in [-0.2, -0.15) is 0 Å². The Kier molecular flexibility index (Phi) is 5.99. The number of rotatable bonds is 4. The maximum atomic E-state index is 6.61. The number of fused-ring (bicyclic) bond motifs is 9. The molecule has 0 saturated carbocycles. The van der Waals surface area contributed by atoms with E-state index < -0.39 is 6.04 Å². The Balaban J connectivity index is 1.21. The van der Waals surface area contributed by atoms with Crippen LogP contribution in [0.25, 0.3) is 60.3 Å². The highest BCUT2D eigenvalue weighted by Crippen LogP contribution is 2.43. The fraction of sp³-hybridized carbons (Fsp3) is 0. The molecule has 212 valence electrons. The molecule has 0 radical (unpaired) electrons. The molecule has 4 heteroatoms. The third-order valence-electron chi connectivity index (χ3n) is 9.02. The van der Waals surface area contributed by atoms with Gasteiger partial charge in [0.15, 0.2) is 0 Å². The van der Waals surface area contributed by atoms with Crippen LogP contribution >= 0.6 is 6.04 Å². The van der Waals surface area contributed by atoms with Crippen LogP contribution in [0.5, 0.6) is 0 Å². The second-order valence-corrected chi connectivity index (χ2v) is 16.0. The summed E-state index contributed by atoms with van der Waals surface area (Å²) in [5.74, 6) is 0. The fourth-order valence-corrected chi connectivity index (χ4v) is 10.6. The lowest BCUT2D eigenvalue weighted by molar-refractivity contribution is 1.31. The highest BCUT2D eigenvalue weighted by molar-refractivity contribution is 8.25. The van der Waals surface area contributed by atoms with Gasteiger partial charge in [-0.05, 0) is 79.6 Å². The minimum Gasteiger partial charge on any atom is -0.292 e. The summed E-state index contributed by atoms with van der Waals surface area (Å²) >= 11 is 6.61. The molecule has 9 aromatic rings. The highest BCUT2D eigenvalue weighted by Gasteiger charge is 2.25. The molecule has 0 amide bonds. The molecule has 2 heterocycles. The third-order valence-corrected chi connectivity index (χ3v) is 14.0. The lowest BCUT2D eigenvalue weighted by Gasteiger charge is -2.24. The molecule has 45 heavy (non-hydrogen) atoms. The van der Waals surface area contributed by atoms with Gasteiger partial charge in [0.2, 0.25) is 0 Å². The molecule has 0 unspecified atom stereocenters. The van der Waals surface area contributed by atoms with Crippen molar-refractivity contribution in [1.29, 1.82) is 0 Å². The van der Waals surface area contributed by atoms with Crippen molar-refractivity contribution in [3.63, 3.8) is 0 Å². The van der Waals surface area contributed by atoms with Crippen LogP contribution in [0.2, 0.25) is 0 Å². The molecule has 0 bridgehead atoms. The van der Waals surface area contributed by atoms with E-state index in [1.165, 1.54) is 54.1 Å². The number of nitrogens with zero attached hydrogens (tertiary/aromatic N) is 2. The van der Waals surface area contributed by atoms with Crippen molar-refractivity contribution in [2.45, 2.75) is 0 Å². The SMILES string of the molecule is S=P(c1ccccc1)(c1ccccc1)c1ccc2cc(-c3ccc4c5ccccc5n5c6ccccc6nc5c4c3)ccc2c1. The van der Waals surface area contributed by atoms with Crippen LogP contribution in [-0.2, 0) is 11.8 Å². The van der Waals surface area contributed by atoms with E-state index in [0.29, 0.717) is 0 Å². The van der Waals surface area contributed by atoms with E-state index in [0.717, 1.165) is 22.1 Å². The summed E-state index contributed by atoms with van der Waals surface area (Å²) in [4.78, 5) is 5.12. The molecule has 0 N–H and O–H groups in total. The van der Waals surface area contributed by atoms with Gasteiger partial charge in [0.25, 0.3) is 0 Å². The van der Waals surface area contributed by atoms with Gasteiger partial charge in [-0.1, -0.05) is 139 Å².